The topological polar surface area (TPSA) is 63.4 Å². The van der Waals surface area contributed by atoms with E-state index in [1.165, 1.54) is 4.31 Å². The largest absolute Gasteiger partial charge is 0.392 e. The molecule has 78 valence electrons. The highest BCUT2D eigenvalue weighted by molar-refractivity contribution is 7.92. The number of thiocarbonyl (C=S) groups is 1. The van der Waals surface area contributed by atoms with Crippen molar-refractivity contribution < 1.29 is 8.42 Å². The number of nitrogens with zero attached hydrogens (tertiary/aromatic N) is 1. The Hall–Kier alpha value is -0.200. The lowest BCUT2D eigenvalue weighted by Crippen LogP contribution is -2.34. The lowest BCUT2D eigenvalue weighted by Gasteiger charge is -2.15. The molecule has 0 unspecified atom stereocenters. The van der Waals surface area contributed by atoms with Crippen LogP contribution in [-0.2, 0) is 10.0 Å². The van der Waals surface area contributed by atoms with Crippen LogP contribution in [0.4, 0.5) is 0 Å². The van der Waals surface area contributed by atoms with Crippen LogP contribution in [0.25, 0.3) is 0 Å². The fourth-order valence-electron chi connectivity index (χ4n) is 0.810. The molecule has 13 heavy (non-hydrogen) atoms. The van der Waals surface area contributed by atoms with E-state index in [0.717, 1.165) is 12.8 Å². The van der Waals surface area contributed by atoms with Crippen LogP contribution in [0.3, 0.4) is 0 Å². The predicted molar refractivity (Wildman–Crippen MR) is 58.1 cm³/mol. The summed E-state index contributed by atoms with van der Waals surface area (Å²) < 4.78 is 24.1. The van der Waals surface area contributed by atoms with Gasteiger partial charge in [0, 0.05) is 13.6 Å². The van der Waals surface area contributed by atoms with Crippen molar-refractivity contribution in [1.82, 2.24) is 4.31 Å². The Morgan fingerprint density at radius 1 is 1.54 bits per heavy atom. The number of hydrogen-bond donors (Lipinski definition) is 1. The minimum atomic E-state index is -3.26. The normalized spacial score (nSPS) is 11.9. The van der Waals surface area contributed by atoms with Crippen molar-refractivity contribution in [2.24, 2.45) is 5.73 Å². The van der Waals surface area contributed by atoms with E-state index >= 15 is 0 Å². The first-order chi connectivity index (χ1) is 5.90. The van der Waals surface area contributed by atoms with Gasteiger partial charge in [-0.25, -0.2) is 12.7 Å². The molecule has 2 N–H and O–H groups in total. The van der Waals surface area contributed by atoms with E-state index in [1.807, 2.05) is 6.92 Å². The zero-order valence-electron chi connectivity index (χ0n) is 7.99. The SMILES string of the molecule is CCCCN(C)S(=O)(=O)CC(N)=S. The van der Waals surface area contributed by atoms with Gasteiger partial charge in [0.25, 0.3) is 0 Å². The summed E-state index contributed by atoms with van der Waals surface area (Å²) in [6, 6.07) is 0. The predicted octanol–water partition coefficient (Wildman–Crippen LogP) is 0.334. The molecule has 0 bridgehead atoms. The molecule has 0 aromatic rings. The van der Waals surface area contributed by atoms with Crippen molar-refractivity contribution >= 4 is 27.2 Å². The summed E-state index contributed by atoms with van der Waals surface area (Å²) in [7, 11) is -1.72. The van der Waals surface area contributed by atoms with Crippen molar-refractivity contribution in [2.45, 2.75) is 19.8 Å². The second-order valence-electron chi connectivity index (χ2n) is 2.90. The minimum Gasteiger partial charge on any atom is -0.392 e. The Balaban J connectivity index is 4.20. The van der Waals surface area contributed by atoms with Gasteiger partial charge in [0.2, 0.25) is 10.0 Å². The summed E-state index contributed by atoms with van der Waals surface area (Å²) in [5.74, 6) is -0.234. The Labute approximate surface area is 85.1 Å². The summed E-state index contributed by atoms with van der Waals surface area (Å²) >= 11 is 4.55. The van der Waals surface area contributed by atoms with E-state index in [2.05, 4.69) is 12.2 Å². The number of nitrogens with two attached hydrogens (primary N) is 1. The van der Waals surface area contributed by atoms with Gasteiger partial charge < -0.3 is 5.73 Å². The molecule has 0 fully saturated rings. The number of hydrogen-bond acceptors (Lipinski definition) is 3. The quantitative estimate of drug-likeness (QED) is 0.661. The fraction of sp³-hybridized carbons (Fsp3) is 0.857. The lowest BCUT2D eigenvalue weighted by atomic mass is 10.3. The molecule has 0 saturated carbocycles. The Bertz CT molecular complexity index is 262. The highest BCUT2D eigenvalue weighted by Gasteiger charge is 2.17. The van der Waals surface area contributed by atoms with Gasteiger partial charge in [-0.1, -0.05) is 25.6 Å². The molecular weight excluding hydrogens is 208 g/mol. The first-order valence-electron chi connectivity index (χ1n) is 4.12. The van der Waals surface area contributed by atoms with Crippen LogP contribution < -0.4 is 5.73 Å². The van der Waals surface area contributed by atoms with Crippen molar-refractivity contribution in [1.29, 1.82) is 0 Å². The molecule has 0 rings (SSSR count). The standard InChI is InChI=1S/C7H16N2O2S2/c1-3-4-5-9(2)13(10,11)6-7(8)12/h3-6H2,1-2H3,(H2,8,12). The Morgan fingerprint density at radius 2 is 2.08 bits per heavy atom. The number of rotatable bonds is 6. The molecule has 0 atom stereocenters. The molecule has 4 nitrogen and oxygen atoms in total. The highest BCUT2D eigenvalue weighted by atomic mass is 32.2. The van der Waals surface area contributed by atoms with Gasteiger partial charge in [-0.15, -0.1) is 0 Å². The minimum absolute atomic E-state index is 0.0170. The average molecular weight is 224 g/mol. The molecule has 0 aliphatic rings. The highest BCUT2D eigenvalue weighted by Crippen LogP contribution is 2.00. The van der Waals surface area contributed by atoms with Crippen LogP contribution in [0.2, 0.25) is 0 Å². The summed E-state index contributed by atoms with van der Waals surface area (Å²) in [4.78, 5) is 0.0170. The first-order valence-corrected chi connectivity index (χ1v) is 6.14. The van der Waals surface area contributed by atoms with Crippen LogP contribution in [0.5, 0.6) is 0 Å². The molecule has 0 amide bonds. The van der Waals surface area contributed by atoms with Crippen LogP contribution in [0.15, 0.2) is 0 Å². The van der Waals surface area contributed by atoms with Crippen molar-refractivity contribution in [3.63, 3.8) is 0 Å². The van der Waals surface area contributed by atoms with Gasteiger partial charge in [0.05, 0.1) is 4.99 Å². The van der Waals surface area contributed by atoms with Crippen LogP contribution in [0, 0.1) is 0 Å². The molecule has 0 spiro atoms. The second kappa shape index (κ2) is 5.51. The van der Waals surface area contributed by atoms with E-state index in [4.69, 9.17) is 5.73 Å². The van der Waals surface area contributed by atoms with Gasteiger partial charge in [-0.2, -0.15) is 0 Å². The van der Waals surface area contributed by atoms with Crippen LogP contribution in [-0.4, -0.2) is 37.1 Å². The zero-order valence-corrected chi connectivity index (χ0v) is 9.62. The van der Waals surface area contributed by atoms with Gasteiger partial charge in [-0.3, -0.25) is 0 Å². The second-order valence-corrected chi connectivity index (χ2v) is 5.50. The van der Waals surface area contributed by atoms with Crippen molar-refractivity contribution in [3.05, 3.63) is 0 Å². The third-order valence-corrected chi connectivity index (χ3v) is 3.76. The summed E-state index contributed by atoms with van der Waals surface area (Å²) in [6.45, 7) is 2.54. The van der Waals surface area contributed by atoms with E-state index in [9.17, 15) is 8.42 Å². The van der Waals surface area contributed by atoms with Crippen LogP contribution in [0.1, 0.15) is 19.8 Å². The molecule has 6 heteroatoms. The molecule has 0 aliphatic carbocycles. The molecule has 0 aromatic carbocycles. The molecular formula is C7H16N2O2S2. The number of unbranched alkanes of at least 4 members (excludes halogenated alkanes) is 1. The van der Waals surface area contributed by atoms with E-state index in [-0.39, 0.29) is 10.7 Å². The van der Waals surface area contributed by atoms with Gasteiger partial charge in [-0.05, 0) is 6.42 Å². The maximum atomic E-state index is 11.4. The van der Waals surface area contributed by atoms with Gasteiger partial charge >= 0.3 is 0 Å². The number of sulfonamides is 1. The maximum Gasteiger partial charge on any atom is 0.220 e. The zero-order chi connectivity index (χ0) is 10.5. The van der Waals surface area contributed by atoms with Gasteiger partial charge in [0.1, 0.15) is 5.75 Å². The Kier molecular flexibility index (Phi) is 5.43. The summed E-state index contributed by atoms with van der Waals surface area (Å²) in [5.41, 5.74) is 5.17. The van der Waals surface area contributed by atoms with Crippen LogP contribution >= 0.6 is 12.2 Å². The van der Waals surface area contributed by atoms with E-state index in [0.29, 0.717) is 6.54 Å². The smallest absolute Gasteiger partial charge is 0.220 e. The summed E-state index contributed by atoms with van der Waals surface area (Å²) in [6.07, 6.45) is 1.82. The maximum absolute atomic E-state index is 11.4. The van der Waals surface area contributed by atoms with E-state index < -0.39 is 10.0 Å². The fourth-order valence-corrected chi connectivity index (χ4v) is 2.24. The molecule has 0 saturated heterocycles. The molecule has 0 aliphatic heterocycles. The van der Waals surface area contributed by atoms with Crippen molar-refractivity contribution in [3.8, 4) is 0 Å². The molecule has 0 aromatic heterocycles. The first kappa shape index (κ1) is 12.8. The Morgan fingerprint density at radius 3 is 2.46 bits per heavy atom. The summed E-state index contributed by atoms with van der Waals surface area (Å²) in [5, 5.41) is 0. The van der Waals surface area contributed by atoms with Gasteiger partial charge in [0.15, 0.2) is 0 Å². The monoisotopic (exact) mass is 224 g/mol. The van der Waals surface area contributed by atoms with Crippen molar-refractivity contribution in [2.75, 3.05) is 19.3 Å². The third-order valence-electron chi connectivity index (χ3n) is 1.63. The molecule has 0 heterocycles. The van der Waals surface area contributed by atoms with E-state index in [1.54, 1.807) is 7.05 Å². The average Bonchev–Trinajstić information content (AvgIpc) is 1.97. The third kappa shape index (κ3) is 5.17. The lowest BCUT2D eigenvalue weighted by molar-refractivity contribution is 0.462. The molecule has 0 radical (unpaired) electrons.